The first-order valence-corrected chi connectivity index (χ1v) is 9.51. The smallest absolute Gasteiger partial charge is 0.165 e. The number of benzene rings is 2. The Morgan fingerprint density at radius 2 is 1.70 bits per heavy atom. The van der Waals surface area contributed by atoms with E-state index in [2.05, 4.69) is 66.7 Å². The Kier molecular flexibility index (Phi) is 4.88. The Hall–Kier alpha value is -3.14. The summed E-state index contributed by atoms with van der Waals surface area (Å²) in [6.45, 7) is 4.35. The third-order valence-corrected chi connectivity index (χ3v) is 4.78. The van der Waals surface area contributed by atoms with Gasteiger partial charge in [-0.25, -0.2) is 4.98 Å². The van der Waals surface area contributed by atoms with E-state index in [1.54, 1.807) is 0 Å². The van der Waals surface area contributed by atoms with E-state index in [0.717, 1.165) is 41.1 Å². The lowest BCUT2D eigenvalue weighted by molar-refractivity contribution is 0.822. The molecule has 4 aromatic rings. The molecule has 0 saturated heterocycles. The fourth-order valence-electron chi connectivity index (χ4n) is 3.37. The lowest BCUT2D eigenvalue weighted by atomic mass is 10.1. The van der Waals surface area contributed by atoms with Gasteiger partial charge in [-0.15, -0.1) is 0 Å². The van der Waals surface area contributed by atoms with Crippen LogP contribution in [0.25, 0.3) is 16.8 Å². The van der Waals surface area contributed by atoms with Crippen LogP contribution < -0.4 is 5.32 Å². The van der Waals surface area contributed by atoms with Gasteiger partial charge in [0.25, 0.3) is 0 Å². The summed E-state index contributed by atoms with van der Waals surface area (Å²) in [4.78, 5) is 4.90. The average Bonchev–Trinajstić information content (AvgIpc) is 3.14. The van der Waals surface area contributed by atoms with Gasteiger partial charge in [-0.05, 0) is 24.5 Å². The van der Waals surface area contributed by atoms with Crippen LogP contribution in [-0.2, 0) is 6.42 Å². The van der Waals surface area contributed by atoms with Gasteiger partial charge in [0.1, 0.15) is 5.82 Å². The first kappa shape index (κ1) is 17.3. The van der Waals surface area contributed by atoms with Crippen molar-refractivity contribution in [3.05, 3.63) is 84.2 Å². The van der Waals surface area contributed by atoms with Crippen LogP contribution in [0, 0.1) is 0 Å². The van der Waals surface area contributed by atoms with E-state index in [-0.39, 0.29) is 6.04 Å². The Morgan fingerprint density at radius 1 is 1.00 bits per heavy atom. The molecule has 2 aromatic carbocycles. The summed E-state index contributed by atoms with van der Waals surface area (Å²) < 4.78 is 1.92. The molecule has 1 atom stereocenters. The van der Waals surface area contributed by atoms with Gasteiger partial charge in [0.15, 0.2) is 5.65 Å². The van der Waals surface area contributed by atoms with Gasteiger partial charge < -0.3 is 5.32 Å². The highest BCUT2D eigenvalue weighted by Crippen LogP contribution is 2.27. The van der Waals surface area contributed by atoms with Crippen LogP contribution in [0.3, 0.4) is 0 Å². The second kappa shape index (κ2) is 7.62. The van der Waals surface area contributed by atoms with Crippen LogP contribution in [0.5, 0.6) is 0 Å². The minimum absolute atomic E-state index is 0.177. The first-order chi connectivity index (χ1) is 13.3. The van der Waals surface area contributed by atoms with Crippen LogP contribution in [0.1, 0.15) is 37.6 Å². The summed E-state index contributed by atoms with van der Waals surface area (Å²) in [5, 5.41) is 8.26. The zero-order chi connectivity index (χ0) is 18.6. The van der Waals surface area contributed by atoms with Gasteiger partial charge in [0.05, 0.1) is 6.20 Å². The largest absolute Gasteiger partial charge is 0.363 e. The molecule has 0 fully saturated rings. The molecule has 0 radical (unpaired) electrons. The molecule has 2 aromatic heterocycles. The van der Waals surface area contributed by atoms with E-state index in [0.29, 0.717) is 0 Å². The van der Waals surface area contributed by atoms with Crippen molar-refractivity contribution >= 4 is 11.5 Å². The van der Waals surface area contributed by atoms with E-state index >= 15 is 0 Å². The minimum atomic E-state index is 0.177. The molecule has 1 N–H and O–H groups in total. The second-order valence-corrected chi connectivity index (χ2v) is 6.82. The van der Waals surface area contributed by atoms with Crippen molar-refractivity contribution in [3.8, 4) is 11.1 Å². The molecule has 1 unspecified atom stereocenters. The normalized spacial score (nSPS) is 12.2. The minimum Gasteiger partial charge on any atom is -0.363 e. The van der Waals surface area contributed by atoms with Crippen LogP contribution in [0.15, 0.2) is 72.9 Å². The highest BCUT2D eigenvalue weighted by molar-refractivity contribution is 5.78. The molecule has 4 nitrogen and oxygen atoms in total. The van der Waals surface area contributed by atoms with E-state index in [9.17, 15) is 0 Å². The standard InChI is InChI=1S/C23H24N4/c1-3-10-20-15-22(25-17(2)18-11-6-4-7-12-18)27-23(26-20)21(16-24-27)19-13-8-5-9-14-19/h4-9,11-17,25H,3,10H2,1-2H3. The number of nitrogens with zero attached hydrogens (tertiary/aromatic N) is 3. The Balaban J connectivity index is 1.79. The maximum atomic E-state index is 4.90. The SMILES string of the molecule is CCCc1cc(NC(C)c2ccccc2)n2ncc(-c3ccccc3)c2n1. The highest BCUT2D eigenvalue weighted by Gasteiger charge is 2.14. The molecule has 0 spiro atoms. The van der Waals surface area contributed by atoms with Crippen LogP contribution in [0.2, 0.25) is 0 Å². The summed E-state index contributed by atoms with van der Waals surface area (Å²) in [7, 11) is 0. The number of aromatic nitrogens is 3. The van der Waals surface area contributed by atoms with Gasteiger partial charge in [-0.2, -0.15) is 9.61 Å². The van der Waals surface area contributed by atoms with E-state index < -0.39 is 0 Å². The van der Waals surface area contributed by atoms with E-state index in [4.69, 9.17) is 4.98 Å². The summed E-state index contributed by atoms with van der Waals surface area (Å²) in [6.07, 6.45) is 3.92. The second-order valence-electron chi connectivity index (χ2n) is 6.82. The molecule has 0 aliphatic rings. The molecule has 2 heterocycles. The maximum absolute atomic E-state index is 4.90. The number of rotatable bonds is 6. The summed E-state index contributed by atoms with van der Waals surface area (Å²) in [6, 6.07) is 23.1. The summed E-state index contributed by atoms with van der Waals surface area (Å²) >= 11 is 0. The first-order valence-electron chi connectivity index (χ1n) is 9.51. The average molecular weight is 356 g/mol. The molecule has 0 bridgehead atoms. The van der Waals surface area contributed by atoms with Crippen molar-refractivity contribution in [2.75, 3.05) is 5.32 Å². The van der Waals surface area contributed by atoms with E-state index in [1.165, 1.54) is 5.56 Å². The zero-order valence-corrected chi connectivity index (χ0v) is 15.8. The fourth-order valence-corrected chi connectivity index (χ4v) is 3.37. The lowest BCUT2D eigenvalue weighted by Crippen LogP contribution is -2.11. The molecular weight excluding hydrogens is 332 g/mol. The Bertz CT molecular complexity index is 1020. The van der Waals surface area contributed by atoms with Crippen molar-refractivity contribution in [1.29, 1.82) is 0 Å². The van der Waals surface area contributed by atoms with E-state index in [1.807, 2.05) is 35.0 Å². The maximum Gasteiger partial charge on any atom is 0.165 e. The number of hydrogen-bond acceptors (Lipinski definition) is 3. The van der Waals surface area contributed by atoms with Crippen LogP contribution in [0.4, 0.5) is 5.82 Å². The topological polar surface area (TPSA) is 42.2 Å². The number of aryl methyl sites for hydroxylation is 1. The molecule has 0 aliphatic carbocycles. The van der Waals surface area contributed by atoms with Gasteiger partial charge in [-0.3, -0.25) is 0 Å². The highest BCUT2D eigenvalue weighted by atomic mass is 15.3. The lowest BCUT2D eigenvalue weighted by Gasteiger charge is -2.17. The van der Waals surface area contributed by atoms with Gasteiger partial charge in [-0.1, -0.05) is 74.0 Å². The number of anilines is 1. The van der Waals surface area contributed by atoms with Crippen molar-refractivity contribution in [1.82, 2.24) is 14.6 Å². The molecule has 0 amide bonds. The Labute approximate surface area is 159 Å². The Morgan fingerprint density at radius 3 is 2.41 bits per heavy atom. The van der Waals surface area contributed by atoms with Crippen LogP contribution >= 0.6 is 0 Å². The molecule has 0 saturated carbocycles. The third kappa shape index (κ3) is 3.56. The third-order valence-electron chi connectivity index (χ3n) is 4.78. The molecule has 136 valence electrons. The van der Waals surface area contributed by atoms with Crippen molar-refractivity contribution in [2.45, 2.75) is 32.7 Å². The van der Waals surface area contributed by atoms with Gasteiger partial charge >= 0.3 is 0 Å². The summed E-state index contributed by atoms with van der Waals surface area (Å²) in [5.41, 5.74) is 5.43. The zero-order valence-electron chi connectivity index (χ0n) is 15.8. The number of hydrogen-bond donors (Lipinski definition) is 1. The fraction of sp³-hybridized carbons (Fsp3) is 0.217. The van der Waals surface area contributed by atoms with Crippen molar-refractivity contribution < 1.29 is 0 Å². The number of nitrogens with one attached hydrogen (secondary N) is 1. The van der Waals surface area contributed by atoms with Gasteiger partial charge in [0, 0.05) is 23.4 Å². The van der Waals surface area contributed by atoms with Crippen molar-refractivity contribution in [3.63, 3.8) is 0 Å². The molecule has 27 heavy (non-hydrogen) atoms. The molecular formula is C23H24N4. The molecule has 4 heteroatoms. The van der Waals surface area contributed by atoms with Crippen molar-refractivity contribution in [2.24, 2.45) is 0 Å². The number of fused-ring (bicyclic) bond motifs is 1. The van der Waals surface area contributed by atoms with Gasteiger partial charge in [0.2, 0.25) is 0 Å². The predicted octanol–water partition coefficient (Wildman–Crippen LogP) is 5.52. The molecule has 4 rings (SSSR count). The quantitative estimate of drug-likeness (QED) is 0.494. The van der Waals surface area contributed by atoms with Crippen LogP contribution in [-0.4, -0.2) is 14.6 Å². The monoisotopic (exact) mass is 356 g/mol. The predicted molar refractivity (Wildman–Crippen MR) is 111 cm³/mol. The summed E-state index contributed by atoms with van der Waals surface area (Å²) in [5.74, 6) is 0.974. The molecule has 0 aliphatic heterocycles.